The van der Waals surface area contributed by atoms with Gasteiger partial charge in [0.25, 0.3) is 10.0 Å². The number of aromatic nitrogens is 1. The van der Waals surface area contributed by atoms with E-state index in [1.807, 2.05) is 26.0 Å². The largest absolute Gasteiger partial charge is 0.295 e. The summed E-state index contributed by atoms with van der Waals surface area (Å²) in [6.45, 7) is 5.21. The minimum Gasteiger partial charge on any atom is -0.295 e. The number of hydrogen-bond donors (Lipinski definition) is 0. The second kappa shape index (κ2) is 6.33. The third-order valence-electron chi connectivity index (χ3n) is 4.16. The van der Waals surface area contributed by atoms with Crippen molar-refractivity contribution in [1.82, 2.24) is 3.97 Å². The van der Waals surface area contributed by atoms with Crippen molar-refractivity contribution in [2.45, 2.75) is 25.7 Å². The summed E-state index contributed by atoms with van der Waals surface area (Å²) in [5.74, 6) is -0.135. The number of allylic oxidation sites excluding steroid dienone is 1. The van der Waals surface area contributed by atoms with E-state index in [9.17, 15) is 13.2 Å². The maximum Gasteiger partial charge on any atom is 0.268 e. The Morgan fingerprint density at radius 1 is 1.00 bits per heavy atom. The molecule has 0 fully saturated rings. The molecule has 1 aromatic heterocycles. The molecule has 0 N–H and O–H groups in total. The Labute approximate surface area is 147 Å². The third-order valence-corrected chi connectivity index (χ3v) is 5.91. The van der Waals surface area contributed by atoms with Crippen LogP contribution in [0.25, 0.3) is 17.0 Å². The number of para-hydroxylation sites is 1. The minimum atomic E-state index is -3.79. The molecule has 3 aromatic rings. The monoisotopic (exact) mass is 353 g/mol. The molecule has 0 amide bonds. The van der Waals surface area contributed by atoms with Crippen LogP contribution in [0.1, 0.15) is 23.7 Å². The van der Waals surface area contributed by atoms with Gasteiger partial charge >= 0.3 is 0 Å². The van der Waals surface area contributed by atoms with E-state index in [4.69, 9.17) is 0 Å². The average molecular weight is 353 g/mol. The number of aryl methyl sites for hydroxylation is 2. The van der Waals surface area contributed by atoms with Crippen LogP contribution in [0.4, 0.5) is 0 Å². The Hall–Kier alpha value is -2.66. The number of nitrogens with zero attached hydrogens (tertiary/aromatic N) is 1. The van der Waals surface area contributed by atoms with Crippen molar-refractivity contribution in [3.8, 4) is 0 Å². The zero-order valence-electron chi connectivity index (χ0n) is 14.4. The Bertz CT molecular complexity index is 1090. The maximum absolute atomic E-state index is 13.3. The van der Waals surface area contributed by atoms with Gasteiger partial charge in [0, 0.05) is 5.39 Å². The second-order valence-electron chi connectivity index (χ2n) is 6.05. The Morgan fingerprint density at radius 2 is 1.64 bits per heavy atom. The predicted molar refractivity (Wildman–Crippen MR) is 100 cm³/mol. The molecule has 0 aliphatic heterocycles. The summed E-state index contributed by atoms with van der Waals surface area (Å²) < 4.78 is 27.9. The summed E-state index contributed by atoms with van der Waals surface area (Å²) in [6, 6.07) is 14.1. The van der Waals surface area contributed by atoms with Gasteiger partial charge in [-0.25, -0.2) is 12.4 Å². The standard InChI is InChI=1S/C20H19NO3S/c1-14-8-11-17(12-9-14)25(23,24)21-19(13-10-15(2)22)16(3)18-6-4-5-7-20(18)21/h4-13H,1-3H3/b13-10+. The Morgan fingerprint density at radius 3 is 2.28 bits per heavy atom. The molecule has 4 nitrogen and oxygen atoms in total. The second-order valence-corrected chi connectivity index (χ2v) is 7.84. The maximum atomic E-state index is 13.3. The summed E-state index contributed by atoms with van der Waals surface area (Å²) in [4.78, 5) is 11.6. The first-order valence-electron chi connectivity index (χ1n) is 7.93. The molecule has 0 spiro atoms. The van der Waals surface area contributed by atoms with E-state index in [0.717, 1.165) is 16.5 Å². The molecule has 0 saturated heterocycles. The third kappa shape index (κ3) is 3.03. The summed E-state index contributed by atoms with van der Waals surface area (Å²) in [5.41, 5.74) is 2.91. The Kier molecular flexibility index (Phi) is 4.35. The number of ketones is 1. The van der Waals surface area contributed by atoms with Crippen LogP contribution in [0, 0.1) is 13.8 Å². The number of benzene rings is 2. The normalized spacial score (nSPS) is 12.1. The van der Waals surface area contributed by atoms with Crippen LogP contribution in [-0.2, 0) is 14.8 Å². The highest BCUT2D eigenvalue weighted by molar-refractivity contribution is 7.90. The number of carbonyl (C=O) groups is 1. The van der Waals surface area contributed by atoms with Gasteiger partial charge in [0.15, 0.2) is 5.78 Å². The van der Waals surface area contributed by atoms with E-state index in [1.165, 1.54) is 17.0 Å². The van der Waals surface area contributed by atoms with Gasteiger partial charge in [0.05, 0.1) is 16.1 Å². The van der Waals surface area contributed by atoms with Gasteiger partial charge in [-0.1, -0.05) is 35.9 Å². The first-order chi connectivity index (χ1) is 11.8. The molecule has 0 radical (unpaired) electrons. The van der Waals surface area contributed by atoms with Crippen LogP contribution in [0.5, 0.6) is 0 Å². The van der Waals surface area contributed by atoms with Gasteiger partial charge in [-0.05, 0) is 56.7 Å². The zero-order valence-corrected chi connectivity index (χ0v) is 15.2. The lowest BCUT2D eigenvalue weighted by atomic mass is 10.1. The molecule has 2 aromatic carbocycles. The molecule has 0 aliphatic carbocycles. The van der Waals surface area contributed by atoms with E-state index in [0.29, 0.717) is 11.2 Å². The van der Waals surface area contributed by atoms with E-state index >= 15 is 0 Å². The minimum absolute atomic E-state index is 0.135. The van der Waals surface area contributed by atoms with Crippen LogP contribution in [0.2, 0.25) is 0 Å². The topological polar surface area (TPSA) is 56.1 Å². The van der Waals surface area contributed by atoms with Crippen LogP contribution in [0.3, 0.4) is 0 Å². The fraction of sp³-hybridized carbons (Fsp3) is 0.150. The first kappa shape index (κ1) is 17.2. The van der Waals surface area contributed by atoms with Crippen LogP contribution < -0.4 is 0 Å². The SMILES string of the molecule is CC(=O)/C=C/c1c(C)c2ccccc2n1S(=O)(=O)c1ccc(C)cc1. The smallest absolute Gasteiger partial charge is 0.268 e. The molecule has 3 rings (SSSR count). The highest BCUT2D eigenvalue weighted by Crippen LogP contribution is 2.30. The molecule has 25 heavy (non-hydrogen) atoms. The van der Waals surface area contributed by atoms with E-state index in [-0.39, 0.29) is 10.7 Å². The fourth-order valence-corrected chi connectivity index (χ4v) is 4.42. The van der Waals surface area contributed by atoms with E-state index in [2.05, 4.69) is 0 Å². The van der Waals surface area contributed by atoms with Gasteiger partial charge < -0.3 is 0 Å². The van der Waals surface area contributed by atoms with E-state index in [1.54, 1.807) is 42.5 Å². The molecule has 5 heteroatoms. The van der Waals surface area contributed by atoms with Gasteiger partial charge in [0.1, 0.15) is 0 Å². The lowest BCUT2D eigenvalue weighted by Crippen LogP contribution is -2.14. The van der Waals surface area contributed by atoms with Crippen molar-refractivity contribution >= 4 is 32.8 Å². The molecule has 128 valence electrons. The highest BCUT2D eigenvalue weighted by Gasteiger charge is 2.24. The van der Waals surface area contributed by atoms with Gasteiger partial charge in [-0.2, -0.15) is 0 Å². The van der Waals surface area contributed by atoms with Crippen molar-refractivity contribution in [1.29, 1.82) is 0 Å². The number of hydrogen-bond acceptors (Lipinski definition) is 3. The lowest BCUT2D eigenvalue weighted by molar-refractivity contribution is -0.112. The van der Waals surface area contributed by atoms with Crippen molar-refractivity contribution in [3.63, 3.8) is 0 Å². The lowest BCUT2D eigenvalue weighted by Gasteiger charge is -2.11. The summed E-state index contributed by atoms with van der Waals surface area (Å²) >= 11 is 0. The molecule has 0 unspecified atom stereocenters. The number of fused-ring (bicyclic) bond motifs is 1. The molecule has 0 saturated carbocycles. The van der Waals surface area contributed by atoms with Crippen LogP contribution >= 0.6 is 0 Å². The molecular formula is C20H19NO3S. The predicted octanol–water partition coefficient (Wildman–Crippen LogP) is 4.10. The molecule has 0 atom stereocenters. The fourth-order valence-electron chi connectivity index (χ4n) is 2.85. The summed E-state index contributed by atoms with van der Waals surface area (Å²) in [6.07, 6.45) is 2.96. The van der Waals surface area contributed by atoms with Gasteiger partial charge in [-0.3, -0.25) is 4.79 Å². The van der Waals surface area contributed by atoms with Gasteiger partial charge in [0.2, 0.25) is 0 Å². The Balaban J connectivity index is 2.36. The summed E-state index contributed by atoms with van der Waals surface area (Å²) in [7, 11) is -3.79. The average Bonchev–Trinajstić information content (AvgIpc) is 2.86. The molecule has 0 aliphatic rings. The zero-order chi connectivity index (χ0) is 18.2. The molecular weight excluding hydrogens is 334 g/mol. The van der Waals surface area contributed by atoms with Gasteiger partial charge in [-0.15, -0.1) is 0 Å². The molecule has 1 heterocycles. The van der Waals surface area contributed by atoms with Crippen molar-refractivity contribution in [3.05, 3.63) is 71.4 Å². The number of carbonyl (C=O) groups excluding carboxylic acids is 1. The van der Waals surface area contributed by atoms with Crippen molar-refractivity contribution in [2.75, 3.05) is 0 Å². The van der Waals surface area contributed by atoms with Crippen molar-refractivity contribution in [2.24, 2.45) is 0 Å². The molecule has 0 bridgehead atoms. The van der Waals surface area contributed by atoms with Crippen molar-refractivity contribution < 1.29 is 13.2 Å². The van der Waals surface area contributed by atoms with Crippen LogP contribution in [0.15, 0.2) is 59.5 Å². The summed E-state index contributed by atoms with van der Waals surface area (Å²) in [5, 5.41) is 0.849. The quantitative estimate of drug-likeness (QED) is 0.664. The van der Waals surface area contributed by atoms with E-state index < -0.39 is 10.0 Å². The van der Waals surface area contributed by atoms with Crippen LogP contribution in [-0.4, -0.2) is 18.2 Å². The highest BCUT2D eigenvalue weighted by atomic mass is 32.2. The first-order valence-corrected chi connectivity index (χ1v) is 9.37. The number of rotatable bonds is 4.